The van der Waals surface area contributed by atoms with E-state index in [1.54, 1.807) is 17.0 Å². The predicted molar refractivity (Wildman–Crippen MR) is 70.1 cm³/mol. The number of benzene rings is 1. The summed E-state index contributed by atoms with van der Waals surface area (Å²) in [4.78, 5) is 16.2. The number of likely N-dealkylation sites (N-methyl/N-ethyl adjacent to an activating group) is 1. The summed E-state index contributed by atoms with van der Waals surface area (Å²) in [6.45, 7) is 3.30. The second-order valence-corrected chi connectivity index (χ2v) is 4.80. The number of aliphatic hydroxyl groups excluding tert-OH is 1. The minimum Gasteiger partial charge on any atom is -0.378 e. The highest BCUT2D eigenvalue weighted by Crippen LogP contribution is 2.16. The van der Waals surface area contributed by atoms with Gasteiger partial charge in [-0.2, -0.15) is 0 Å². The molecular formula is C14H20N2O2. The van der Waals surface area contributed by atoms with E-state index in [0.717, 1.165) is 26.1 Å². The van der Waals surface area contributed by atoms with E-state index in [9.17, 15) is 9.90 Å². The van der Waals surface area contributed by atoms with Crippen LogP contribution in [0, 0.1) is 0 Å². The Bertz CT molecular complexity index is 394. The molecule has 1 unspecified atom stereocenters. The number of aliphatic hydroxyl groups is 1. The zero-order valence-electron chi connectivity index (χ0n) is 10.7. The molecule has 0 aliphatic carbocycles. The Morgan fingerprint density at radius 2 is 1.89 bits per heavy atom. The topological polar surface area (TPSA) is 43.8 Å². The molecule has 1 fully saturated rings. The van der Waals surface area contributed by atoms with Crippen molar-refractivity contribution in [2.45, 2.75) is 12.5 Å². The number of amides is 1. The van der Waals surface area contributed by atoms with Gasteiger partial charge in [0, 0.05) is 19.6 Å². The minimum atomic E-state index is -1.03. The summed E-state index contributed by atoms with van der Waals surface area (Å²) in [6.07, 6.45) is -0.0707. The Kier molecular flexibility index (Phi) is 4.33. The van der Waals surface area contributed by atoms with E-state index < -0.39 is 6.10 Å². The zero-order valence-corrected chi connectivity index (χ0v) is 10.7. The van der Waals surface area contributed by atoms with Gasteiger partial charge < -0.3 is 14.9 Å². The second kappa shape index (κ2) is 5.98. The molecule has 0 spiro atoms. The van der Waals surface area contributed by atoms with E-state index in [-0.39, 0.29) is 5.91 Å². The molecule has 1 heterocycles. The Morgan fingerprint density at radius 1 is 1.17 bits per heavy atom. The van der Waals surface area contributed by atoms with Crippen LogP contribution >= 0.6 is 0 Å². The summed E-state index contributed by atoms with van der Waals surface area (Å²) in [7, 11) is 2.06. The first-order chi connectivity index (χ1) is 8.68. The monoisotopic (exact) mass is 248 g/mol. The van der Waals surface area contributed by atoms with Crippen LogP contribution in [-0.2, 0) is 4.79 Å². The number of carbonyl (C=O) groups is 1. The Morgan fingerprint density at radius 3 is 2.61 bits per heavy atom. The number of carbonyl (C=O) groups excluding carboxylic acids is 1. The van der Waals surface area contributed by atoms with E-state index >= 15 is 0 Å². The normalized spacial score (nSPS) is 19.3. The first kappa shape index (κ1) is 13.1. The molecule has 0 bridgehead atoms. The molecule has 0 saturated carbocycles. The van der Waals surface area contributed by atoms with Crippen LogP contribution in [0.5, 0.6) is 0 Å². The van der Waals surface area contributed by atoms with Gasteiger partial charge in [-0.3, -0.25) is 4.79 Å². The van der Waals surface area contributed by atoms with Crippen LogP contribution in [0.15, 0.2) is 30.3 Å². The molecule has 1 saturated heterocycles. The van der Waals surface area contributed by atoms with E-state index in [2.05, 4.69) is 11.9 Å². The van der Waals surface area contributed by atoms with Crippen LogP contribution in [-0.4, -0.2) is 54.0 Å². The quantitative estimate of drug-likeness (QED) is 0.845. The second-order valence-electron chi connectivity index (χ2n) is 4.80. The molecule has 0 radical (unpaired) electrons. The van der Waals surface area contributed by atoms with Crippen LogP contribution in [0.25, 0.3) is 0 Å². The fourth-order valence-electron chi connectivity index (χ4n) is 2.22. The van der Waals surface area contributed by atoms with Crippen LogP contribution in [0.4, 0.5) is 0 Å². The van der Waals surface area contributed by atoms with Crippen molar-refractivity contribution in [2.24, 2.45) is 0 Å². The third-order valence-electron chi connectivity index (χ3n) is 3.38. The first-order valence-electron chi connectivity index (χ1n) is 6.39. The molecule has 0 aromatic heterocycles. The van der Waals surface area contributed by atoms with Crippen molar-refractivity contribution in [3.63, 3.8) is 0 Å². The van der Waals surface area contributed by atoms with Crippen molar-refractivity contribution in [2.75, 3.05) is 33.2 Å². The fraction of sp³-hybridized carbons (Fsp3) is 0.500. The summed E-state index contributed by atoms with van der Waals surface area (Å²) in [6, 6.07) is 9.12. The summed E-state index contributed by atoms with van der Waals surface area (Å²) in [5, 5.41) is 10.1. The van der Waals surface area contributed by atoms with Gasteiger partial charge in [0.2, 0.25) is 0 Å². The molecule has 1 amide bonds. The van der Waals surface area contributed by atoms with E-state index in [4.69, 9.17) is 0 Å². The van der Waals surface area contributed by atoms with Gasteiger partial charge in [-0.05, 0) is 25.6 Å². The molecule has 1 aliphatic rings. The van der Waals surface area contributed by atoms with Gasteiger partial charge >= 0.3 is 0 Å². The smallest absolute Gasteiger partial charge is 0.256 e. The third-order valence-corrected chi connectivity index (χ3v) is 3.38. The van der Waals surface area contributed by atoms with Crippen LogP contribution < -0.4 is 0 Å². The molecule has 98 valence electrons. The van der Waals surface area contributed by atoms with Crippen molar-refractivity contribution >= 4 is 5.91 Å². The lowest BCUT2D eigenvalue weighted by atomic mass is 10.1. The van der Waals surface area contributed by atoms with Crippen molar-refractivity contribution in [1.82, 2.24) is 9.80 Å². The maximum Gasteiger partial charge on any atom is 0.256 e. The maximum atomic E-state index is 12.2. The standard InChI is InChI=1S/C14H20N2O2/c1-15-8-5-9-16(11-10-15)14(18)13(17)12-6-3-2-4-7-12/h2-4,6-7,13,17H,5,8-11H2,1H3. The molecule has 4 nitrogen and oxygen atoms in total. The van der Waals surface area contributed by atoms with Gasteiger partial charge in [0.25, 0.3) is 5.91 Å². The van der Waals surface area contributed by atoms with Crippen molar-refractivity contribution in [3.8, 4) is 0 Å². The van der Waals surface area contributed by atoms with Gasteiger partial charge in [-0.25, -0.2) is 0 Å². The van der Waals surface area contributed by atoms with E-state index in [1.807, 2.05) is 18.2 Å². The molecule has 1 aromatic rings. The third kappa shape index (κ3) is 3.09. The van der Waals surface area contributed by atoms with Gasteiger partial charge in [0.05, 0.1) is 0 Å². The predicted octanol–water partition coefficient (Wildman–Crippen LogP) is 0.884. The zero-order chi connectivity index (χ0) is 13.0. The number of hydrogen-bond acceptors (Lipinski definition) is 3. The van der Waals surface area contributed by atoms with Crippen LogP contribution in [0.1, 0.15) is 18.1 Å². The highest BCUT2D eigenvalue weighted by molar-refractivity contribution is 5.82. The largest absolute Gasteiger partial charge is 0.378 e. The van der Waals surface area contributed by atoms with Crippen molar-refractivity contribution < 1.29 is 9.90 Å². The number of hydrogen-bond donors (Lipinski definition) is 1. The van der Waals surface area contributed by atoms with Crippen LogP contribution in [0.3, 0.4) is 0 Å². The molecule has 4 heteroatoms. The first-order valence-corrected chi connectivity index (χ1v) is 6.39. The Hall–Kier alpha value is -1.39. The van der Waals surface area contributed by atoms with Crippen molar-refractivity contribution in [1.29, 1.82) is 0 Å². The summed E-state index contributed by atoms with van der Waals surface area (Å²) < 4.78 is 0. The van der Waals surface area contributed by atoms with Gasteiger partial charge in [-0.15, -0.1) is 0 Å². The van der Waals surface area contributed by atoms with E-state index in [1.165, 1.54) is 0 Å². The molecule has 1 atom stereocenters. The van der Waals surface area contributed by atoms with Gasteiger partial charge in [-0.1, -0.05) is 30.3 Å². The lowest BCUT2D eigenvalue weighted by molar-refractivity contribution is -0.140. The fourth-order valence-corrected chi connectivity index (χ4v) is 2.22. The summed E-state index contributed by atoms with van der Waals surface area (Å²) in [5.74, 6) is -0.184. The molecule has 1 aromatic carbocycles. The van der Waals surface area contributed by atoms with Gasteiger partial charge in [0.15, 0.2) is 6.10 Å². The highest BCUT2D eigenvalue weighted by Gasteiger charge is 2.24. The highest BCUT2D eigenvalue weighted by atomic mass is 16.3. The molecule has 2 rings (SSSR count). The lowest BCUT2D eigenvalue weighted by Crippen LogP contribution is -2.37. The Labute approximate surface area is 108 Å². The number of rotatable bonds is 2. The molecular weight excluding hydrogens is 228 g/mol. The average molecular weight is 248 g/mol. The number of nitrogens with zero attached hydrogens (tertiary/aromatic N) is 2. The summed E-state index contributed by atoms with van der Waals surface area (Å²) >= 11 is 0. The van der Waals surface area contributed by atoms with Crippen LogP contribution in [0.2, 0.25) is 0 Å². The SMILES string of the molecule is CN1CCCN(C(=O)C(O)c2ccccc2)CC1. The lowest BCUT2D eigenvalue weighted by Gasteiger charge is -2.23. The minimum absolute atomic E-state index is 0.184. The van der Waals surface area contributed by atoms with E-state index in [0.29, 0.717) is 12.1 Å². The Balaban J connectivity index is 2.02. The van der Waals surface area contributed by atoms with Crippen molar-refractivity contribution in [3.05, 3.63) is 35.9 Å². The average Bonchev–Trinajstić information content (AvgIpc) is 2.63. The van der Waals surface area contributed by atoms with Gasteiger partial charge in [0.1, 0.15) is 0 Å². The molecule has 1 aliphatic heterocycles. The summed E-state index contributed by atoms with van der Waals surface area (Å²) in [5.41, 5.74) is 0.667. The maximum absolute atomic E-state index is 12.2. The molecule has 18 heavy (non-hydrogen) atoms. The molecule has 1 N–H and O–H groups in total.